The fourth-order valence-electron chi connectivity index (χ4n) is 1.34. The summed E-state index contributed by atoms with van der Waals surface area (Å²) in [7, 11) is 1.68. The fraction of sp³-hybridized carbons (Fsp3) is 0.818. The summed E-state index contributed by atoms with van der Waals surface area (Å²) in [6.07, 6.45) is 0.866. The minimum Gasteiger partial charge on any atom is -0.385 e. The Balaban J connectivity index is 0.000000487. The van der Waals surface area contributed by atoms with Crippen molar-refractivity contribution in [1.82, 2.24) is 9.80 Å². The van der Waals surface area contributed by atoms with E-state index < -0.39 is 0 Å². The normalized spacial score (nSPS) is 16.3. The van der Waals surface area contributed by atoms with Crippen molar-refractivity contribution in [2.24, 2.45) is 0 Å². The largest absolute Gasteiger partial charge is 0.385 e. The van der Waals surface area contributed by atoms with Crippen molar-refractivity contribution < 1.29 is 14.3 Å². The number of hydrogen-bond acceptors (Lipinski definition) is 4. The predicted molar refractivity (Wildman–Crippen MR) is 62.3 cm³/mol. The van der Waals surface area contributed by atoms with Crippen molar-refractivity contribution in [2.75, 3.05) is 46.4 Å². The summed E-state index contributed by atoms with van der Waals surface area (Å²) < 4.78 is 4.54. The molecule has 1 amide bonds. The van der Waals surface area contributed by atoms with Gasteiger partial charge in [-0.15, -0.1) is 0 Å². The highest BCUT2D eigenvalue weighted by atomic mass is 16.5. The van der Waals surface area contributed by atoms with Crippen LogP contribution < -0.4 is 0 Å². The maximum absolute atomic E-state index is 10.7. The van der Waals surface area contributed by atoms with Gasteiger partial charge in [0, 0.05) is 39.9 Å². The Kier molecular flexibility index (Phi) is 8.75. The molecule has 0 radical (unpaired) electrons. The summed E-state index contributed by atoms with van der Waals surface area (Å²) in [6, 6.07) is 0. The molecule has 0 atom stereocenters. The molecule has 1 fully saturated rings. The van der Waals surface area contributed by atoms with Crippen LogP contribution in [-0.4, -0.2) is 68.4 Å². The van der Waals surface area contributed by atoms with Crippen LogP contribution in [0.4, 0.5) is 0 Å². The van der Waals surface area contributed by atoms with Gasteiger partial charge in [0.1, 0.15) is 5.78 Å². The van der Waals surface area contributed by atoms with Crippen LogP contribution in [0.1, 0.15) is 13.8 Å². The lowest BCUT2D eigenvalue weighted by Crippen LogP contribution is -2.46. The Labute approximate surface area is 97.3 Å². The van der Waals surface area contributed by atoms with Gasteiger partial charge in [0.05, 0.1) is 6.54 Å². The molecule has 0 saturated carbocycles. The molecule has 1 heterocycles. The van der Waals surface area contributed by atoms with Gasteiger partial charge in [-0.25, -0.2) is 0 Å². The zero-order chi connectivity index (χ0) is 12.4. The second-order valence-corrected chi connectivity index (χ2v) is 3.70. The van der Waals surface area contributed by atoms with Crippen molar-refractivity contribution in [1.29, 1.82) is 0 Å². The van der Waals surface area contributed by atoms with Gasteiger partial charge in [-0.3, -0.25) is 14.5 Å². The van der Waals surface area contributed by atoms with Crippen molar-refractivity contribution in [3.63, 3.8) is 0 Å². The van der Waals surface area contributed by atoms with E-state index in [0.717, 1.165) is 39.2 Å². The van der Waals surface area contributed by atoms with E-state index in [1.54, 1.807) is 18.9 Å². The van der Waals surface area contributed by atoms with E-state index in [1.165, 1.54) is 0 Å². The number of Topliss-reactive ketones (excluding diaryl/α,β-unsaturated/α-hetero) is 1. The lowest BCUT2D eigenvalue weighted by atomic mass is 10.3. The predicted octanol–water partition coefficient (Wildman–Crippen LogP) is 0.00210. The van der Waals surface area contributed by atoms with Gasteiger partial charge in [0.25, 0.3) is 0 Å². The molecule has 16 heavy (non-hydrogen) atoms. The quantitative estimate of drug-likeness (QED) is 0.638. The molecule has 1 rings (SSSR count). The van der Waals surface area contributed by atoms with Crippen LogP contribution in [-0.2, 0) is 14.3 Å². The van der Waals surface area contributed by atoms with Crippen LogP contribution in [0.5, 0.6) is 0 Å². The van der Waals surface area contributed by atoms with E-state index >= 15 is 0 Å². The maximum atomic E-state index is 10.7. The number of hydrogen-bond donors (Lipinski definition) is 0. The first-order chi connectivity index (χ1) is 7.63. The Morgan fingerprint density at radius 3 is 2.12 bits per heavy atom. The Morgan fingerprint density at radius 1 is 1.31 bits per heavy atom. The molecule has 5 heteroatoms. The van der Waals surface area contributed by atoms with Crippen LogP contribution in [0.15, 0.2) is 0 Å². The van der Waals surface area contributed by atoms with Crippen LogP contribution in [0, 0.1) is 0 Å². The van der Waals surface area contributed by atoms with Crippen LogP contribution >= 0.6 is 0 Å². The van der Waals surface area contributed by atoms with Crippen LogP contribution in [0.25, 0.3) is 0 Å². The van der Waals surface area contributed by atoms with Gasteiger partial charge in [-0.1, -0.05) is 0 Å². The molecule has 5 nitrogen and oxygen atoms in total. The molecule has 0 spiro atoms. The molecule has 0 aromatic heterocycles. The fourth-order valence-corrected chi connectivity index (χ4v) is 1.34. The van der Waals surface area contributed by atoms with E-state index in [2.05, 4.69) is 9.64 Å². The number of ether oxygens (including phenoxy) is 1. The molecule has 0 aromatic carbocycles. The molecular weight excluding hydrogens is 208 g/mol. The maximum Gasteiger partial charge on any atom is 0.209 e. The average molecular weight is 230 g/mol. The smallest absolute Gasteiger partial charge is 0.209 e. The standard InChI is InChI=1S/C8H14N2O2.C3H8O/c1-8(12)6-9-2-4-10(7-11)5-3-9;1-3-4-2/h7H,2-6H2,1H3;3H2,1-2H3. The summed E-state index contributed by atoms with van der Waals surface area (Å²) in [6.45, 7) is 8.02. The van der Waals surface area contributed by atoms with E-state index in [1.807, 2.05) is 6.92 Å². The van der Waals surface area contributed by atoms with Crippen molar-refractivity contribution in [2.45, 2.75) is 13.8 Å². The second-order valence-electron chi connectivity index (χ2n) is 3.70. The van der Waals surface area contributed by atoms with E-state index in [0.29, 0.717) is 6.54 Å². The molecule has 1 saturated heterocycles. The first-order valence-electron chi connectivity index (χ1n) is 5.54. The van der Waals surface area contributed by atoms with Gasteiger partial charge in [-0.05, 0) is 13.8 Å². The highest BCUT2D eigenvalue weighted by Crippen LogP contribution is 1.98. The van der Waals surface area contributed by atoms with Gasteiger partial charge in [0.2, 0.25) is 6.41 Å². The SMILES string of the molecule is CC(=O)CN1CCN(C=O)CC1.CCOC. The number of carbonyl (C=O) groups excluding carboxylic acids is 2. The van der Waals surface area contributed by atoms with E-state index in [-0.39, 0.29) is 5.78 Å². The van der Waals surface area contributed by atoms with Crippen LogP contribution in [0.2, 0.25) is 0 Å². The number of carbonyl (C=O) groups is 2. The zero-order valence-electron chi connectivity index (χ0n) is 10.4. The van der Waals surface area contributed by atoms with Crippen LogP contribution in [0.3, 0.4) is 0 Å². The lowest BCUT2D eigenvalue weighted by Gasteiger charge is -2.31. The van der Waals surface area contributed by atoms with E-state index in [4.69, 9.17) is 0 Å². The number of rotatable bonds is 4. The zero-order valence-corrected chi connectivity index (χ0v) is 10.4. The Bertz CT molecular complexity index is 199. The molecule has 0 N–H and O–H groups in total. The van der Waals surface area contributed by atoms with E-state index in [9.17, 15) is 9.59 Å². The van der Waals surface area contributed by atoms with Gasteiger partial charge in [-0.2, -0.15) is 0 Å². The van der Waals surface area contributed by atoms with Gasteiger partial charge < -0.3 is 9.64 Å². The minimum absolute atomic E-state index is 0.189. The van der Waals surface area contributed by atoms with Gasteiger partial charge >= 0.3 is 0 Å². The molecule has 1 aliphatic heterocycles. The third-order valence-electron chi connectivity index (χ3n) is 2.29. The number of piperazine rings is 1. The number of amides is 1. The Hall–Kier alpha value is -0.940. The molecule has 1 aliphatic rings. The third kappa shape index (κ3) is 7.36. The average Bonchev–Trinajstić information content (AvgIpc) is 2.30. The van der Waals surface area contributed by atoms with Crippen molar-refractivity contribution >= 4 is 12.2 Å². The van der Waals surface area contributed by atoms with Crippen molar-refractivity contribution in [3.8, 4) is 0 Å². The summed E-state index contributed by atoms with van der Waals surface area (Å²) in [4.78, 5) is 24.9. The first kappa shape index (κ1) is 15.1. The Morgan fingerprint density at radius 2 is 1.81 bits per heavy atom. The first-order valence-corrected chi connectivity index (χ1v) is 5.54. The van der Waals surface area contributed by atoms with Gasteiger partial charge in [0.15, 0.2) is 0 Å². The highest BCUT2D eigenvalue weighted by Gasteiger charge is 2.15. The number of nitrogens with zero attached hydrogens (tertiary/aromatic N) is 2. The monoisotopic (exact) mass is 230 g/mol. The molecule has 94 valence electrons. The molecular formula is C11H22N2O3. The summed E-state index contributed by atoms with van der Waals surface area (Å²) in [5.74, 6) is 0.189. The third-order valence-corrected chi connectivity index (χ3v) is 2.29. The highest BCUT2D eigenvalue weighted by molar-refractivity contribution is 5.77. The van der Waals surface area contributed by atoms with Crippen molar-refractivity contribution in [3.05, 3.63) is 0 Å². The topological polar surface area (TPSA) is 49.9 Å². The molecule has 0 unspecified atom stereocenters. The summed E-state index contributed by atoms with van der Waals surface area (Å²) in [5.41, 5.74) is 0. The minimum atomic E-state index is 0.189. The number of methoxy groups -OCH3 is 1. The molecule has 0 aromatic rings. The summed E-state index contributed by atoms with van der Waals surface area (Å²) in [5, 5.41) is 0. The number of ketones is 1. The molecule has 0 bridgehead atoms. The summed E-state index contributed by atoms with van der Waals surface area (Å²) >= 11 is 0. The molecule has 0 aliphatic carbocycles. The second kappa shape index (κ2) is 9.30. The lowest BCUT2D eigenvalue weighted by molar-refractivity contribution is -0.121.